The van der Waals surface area contributed by atoms with Crippen molar-refractivity contribution in [2.45, 2.75) is 13.1 Å². The third-order valence-corrected chi connectivity index (χ3v) is 2.57. The molecule has 0 aromatic heterocycles. The second-order valence-corrected chi connectivity index (χ2v) is 3.88. The fraction of sp³-hybridized carbons (Fsp3) is 0.143. The zero-order chi connectivity index (χ0) is 12.1. The molecule has 0 aliphatic carbocycles. The molecular weight excluding hydrogens is 215 g/mol. The molecule has 0 amide bonds. The normalized spacial score (nSPS) is 10.2. The summed E-state index contributed by atoms with van der Waals surface area (Å²) in [6, 6.07) is 14.4. The lowest BCUT2D eigenvalue weighted by molar-refractivity contribution is 0.628. The van der Waals surface area contributed by atoms with Crippen LogP contribution in [0, 0.1) is 5.82 Å². The minimum Gasteiger partial charge on any atom is -0.381 e. The number of benzene rings is 2. The molecule has 0 radical (unpaired) electrons. The summed E-state index contributed by atoms with van der Waals surface area (Å²) in [5.74, 6) is -0.222. The van der Waals surface area contributed by atoms with E-state index in [-0.39, 0.29) is 5.82 Å². The minimum atomic E-state index is -0.222. The van der Waals surface area contributed by atoms with Crippen LogP contribution in [0.4, 0.5) is 10.1 Å². The van der Waals surface area contributed by atoms with Crippen LogP contribution in [-0.2, 0) is 13.1 Å². The summed E-state index contributed by atoms with van der Waals surface area (Å²) in [5.41, 5.74) is 8.77. The average molecular weight is 230 g/mol. The highest BCUT2D eigenvalue weighted by molar-refractivity contribution is 5.43. The van der Waals surface area contributed by atoms with Gasteiger partial charge in [0.25, 0.3) is 0 Å². The second kappa shape index (κ2) is 5.46. The average Bonchev–Trinajstić information content (AvgIpc) is 2.38. The molecule has 88 valence electrons. The van der Waals surface area contributed by atoms with Gasteiger partial charge >= 0.3 is 0 Å². The molecule has 0 unspecified atom stereocenters. The Morgan fingerprint density at radius 1 is 1.00 bits per heavy atom. The largest absolute Gasteiger partial charge is 0.381 e. The summed E-state index contributed by atoms with van der Waals surface area (Å²) < 4.78 is 12.7. The minimum absolute atomic E-state index is 0.222. The predicted molar refractivity (Wildman–Crippen MR) is 68.1 cm³/mol. The highest BCUT2D eigenvalue weighted by Gasteiger charge is 1.96. The van der Waals surface area contributed by atoms with Gasteiger partial charge in [-0.1, -0.05) is 24.3 Å². The number of nitrogens with one attached hydrogen (secondary N) is 1. The number of halogens is 1. The molecule has 17 heavy (non-hydrogen) atoms. The van der Waals surface area contributed by atoms with Crippen LogP contribution in [0.5, 0.6) is 0 Å². The first-order valence-electron chi connectivity index (χ1n) is 5.55. The zero-order valence-electron chi connectivity index (χ0n) is 9.49. The van der Waals surface area contributed by atoms with Crippen molar-refractivity contribution in [3.05, 3.63) is 65.5 Å². The molecule has 0 saturated carbocycles. The number of hydrogen-bond donors (Lipinski definition) is 2. The van der Waals surface area contributed by atoms with Gasteiger partial charge in [-0.05, 0) is 35.4 Å². The van der Waals surface area contributed by atoms with Crippen LogP contribution in [0.15, 0.2) is 48.5 Å². The molecule has 0 heterocycles. The van der Waals surface area contributed by atoms with Crippen molar-refractivity contribution in [3.8, 4) is 0 Å². The maximum Gasteiger partial charge on any atom is 0.123 e. The lowest BCUT2D eigenvalue weighted by Crippen LogP contribution is -2.01. The molecule has 2 rings (SSSR count). The Balaban J connectivity index is 1.99. The third kappa shape index (κ3) is 3.29. The third-order valence-electron chi connectivity index (χ3n) is 2.57. The standard InChI is InChI=1S/C14H15FN2/c15-13-4-6-14(7-5-13)17-10-12-3-1-2-11(8-12)9-16/h1-8,17H,9-10,16H2. The van der Waals surface area contributed by atoms with Crippen LogP contribution >= 0.6 is 0 Å². The maximum atomic E-state index is 12.7. The van der Waals surface area contributed by atoms with Gasteiger partial charge in [0.05, 0.1) is 0 Å². The molecule has 3 heteroatoms. The van der Waals surface area contributed by atoms with Crippen molar-refractivity contribution in [2.75, 3.05) is 5.32 Å². The summed E-state index contributed by atoms with van der Waals surface area (Å²) >= 11 is 0. The number of nitrogens with two attached hydrogens (primary N) is 1. The molecule has 0 aliphatic rings. The first-order chi connectivity index (χ1) is 8.28. The fourth-order valence-corrected chi connectivity index (χ4v) is 1.64. The van der Waals surface area contributed by atoms with Crippen LogP contribution in [0.3, 0.4) is 0 Å². The summed E-state index contributed by atoms with van der Waals surface area (Å²) in [6.07, 6.45) is 0. The Labute approximate surface area is 100 Å². The fourth-order valence-electron chi connectivity index (χ4n) is 1.64. The second-order valence-electron chi connectivity index (χ2n) is 3.88. The highest BCUT2D eigenvalue weighted by Crippen LogP contribution is 2.11. The molecule has 0 fully saturated rings. The molecule has 0 atom stereocenters. The van der Waals surface area contributed by atoms with Gasteiger partial charge in [-0.3, -0.25) is 0 Å². The number of rotatable bonds is 4. The van der Waals surface area contributed by atoms with Gasteiger partial charge in [0.1, 0.15) is 5.82 Å². The van der Waals surface area contributed by atoms with Crippen molar-refractivity contribution >= 4 is 5.69 Å². The molecule has 0 saturated heterocycles. The lowest BCUT2D eigenvalue weighted by atomic mass is 10.1. The van der Waals surface area contributed by atoms with Crippen LogP contribution in [-0.4, -0.2) is 0 Å². The monoisotopic (exact) mass is 230 g/mol. The first-order valence-corrected chi connectivity index (χ1v) is 5.55. The van der Waals surface area contributed by atoms with Crippen LogP contribution in [0.2, 0.25) is 0 Å². The first kappa shape index (κ1) is 11.6. The Morgan fingerprint density at radius 3 is 2.41 bits per heavy atom. The van der Waals surface area contributed by atoms with Crippen molar-refractivity contribution in [1.82, 2.24) is 0 Å². The van der Waals surface area contributed by atoms with E-state index in [2.05, 4.69) is 11.4 Å². The van der Waals surface area contributed by atoms with Crippen LogP contribution < -0.4 is 11.1 Å². The van der Waals surface area contributed by atoms with Gasteiger partial charge in [0, 0.05) is 18.8 Å². The van der Waals surface area contributed by atoms with E-state index in [1.807, 2.05) is 18.2 Å². The van der Waals surface area contributed by atoms with E-state index in [0.29, 0.717) is 13.1 Å². The Bertz CT molecular complexity index is 480. The van der Waals surface area contributed by atoms with Gasteiger partial charge in [0.2, 0.25) is 0 Å². The lowest BCUT2D eigenvalue weighted by Gasteiger charge is -2.07. The summed E-state index contributed by atoms with van der Waals surface area (Å²) in [7, 11) is 0. The van der Waals surface area contributed by atoms with E-state index in [1.165, 1.54) is 12.1 Å². The van der Waals surface area contributed by atoms with Crippen molar-refractivity contribution < 1.29 is 4.39 Å². The van der Waals surface area contributed by atoms with Crippen LogP contribution in [0.1, 0.15) is 11.1 Å². The summed E-state index contributed by atoms with van der Waals surface area (Å²) in [5, 5.41) is 3.23. The summed E-state index contributed by atoms with van der Waals surface area (Å²) in [6.45, 7) is 1.25. The van der Waals surface area contributed by atoms with Gasteiger partial charge in [-0.15, -0.1) is 0 Å². The quantitative estimate of drug-likeness (QED) is 0.847. The van der Waals surface area contributed by atoms with Gasteiger partial charge in [-0.2, -0.15) is 0 Å². The molecule has 0 bridgehead atoms. The van der Waals surface area contributed by atoms with Crippen molar-refractivity contribution in [2.24, 2.45) is 5.73 Å². The van der Waals surface area contributed by atoms with Crippen molar-refractivity contribution in [3.63, 3.8) is 0 Å². The number of hydrogen-bond acceptors (Lipinski definition) is 2. The molecular formula is C14H15FN2. The van der Waals surface area contributed by atoms with E-state index < -0.39 is 0 Å². The SMILES string of the molecule is NCc1cccc(CNc2ccc(F)cc2)c1. The molecule has 0 spiro atoms. The molecule has 2 aromatic rings. The van der Waals surface area contributed by atoms with Gasteiger partial charge < -0.3 is 11.1 Å². The van der Waals surface area contributed by atoms with Crippen LogP contribution in [0.25, 0.3) is 0 Å². The topological polar surface area (TPSA) is 38.0 Å². The van der Waals surface area contributed by atoms with E-state index in [1.54, 1.807) is 12.1 Å². The van der Waals surface area contributed by atoms with E-state index in [4.69, 9.17) is 5.73 Å². The van der Waals surface area contributed by atoms with Gasteiger partial charge in [-0.25, -0.2) is 4.39 Å². The zero-order valence-corrected chi connectivity index (χ0v) is 9.49. The molecule has 2 aromatic carbocycles. The van der Waals surface area contributed by atoms with Crippen molar-refractivity contribution in [1.29, 1.82) is 0 Å². The highest BCUT2D eigenvalue weighted by atomic mass is 19.1. The maximum absolute atomic E-state index is 12.7. The molecule has 0 aliphatic heterocycles. The van der Waals surface area contributed by atoms with Gasteiger partial charge in [0.15, 0.2) is 0 Å². The molecule has 3 N–H and O–H groups in total. The Hall–Kier alpha value is -1.87. The Morgan fingerprint density at radius 2 is 1.71 bits per heavy atom. The van der Waals surface area contributed by atoms with E-state index in [0.717, 1.165) is 16.8 Å². The molecule has 2 nitrogen and oxygen atoms in total. The number of anilines is 1. The Kier molecular flexibility index (Phi) is 3.73. The predicted octanol–water partition coefficient (Wildman–Crippen LogP) is 2.90. The summed E-state index contributed by atoms with van der Waals surface area (Å²) in [4.78, 5) is 0. The van der Waals surface area contributed by atoms with E-state index in [9.17, 15) is 4.39 Å². The smallest absolute Gasteiger partial charge is 0.123 e. The van der Waals surface area contributed by atoms with E-state index >= 15 is 0 Å².